The Morgan fingerprint density at radius 1 is 1.26 bits per heavy atom. The lowest BCUT2D eigenvalue weighted by atomic mass is 10.3. The lowest BCUT2D eigenvalue weighted by Crippen LogP contribution is -2.01. The fourth-order valence-corrected chi connectivity index (χ4v) is 5.34. The van der Waals surface area contributed by atoms with Gasteiger partial charge in [-0.25, -0.2) is 28.7 Å². The third-order valence-electron chi connectivity index (χ3n) is 3.94. The third kappa shape index (κ3) is 3.27. The van der Waals surface area contributed by atoms with Crippen LogP contribution in [0.1, 0.15) is 19.8 Å². The van der Waals surface area contributed by atoms with Crippen molar-refractivity contribution in [3.8, 4) is 0 Å². The zero-order chi connectivity index (χ0) is 19.1. The van der Waals surface area contributed by atoms with E-state index in [-0.39, 0.29) is 4.70 Å². The number of benzene rings is 1. The highest BCUT2D eigenvalue weighted by atomic mass is 79.9. The number of imidazole rings is 1. The first-order valence-electron chi connectivity index (χ1n) is 8.08. The van der Waals surface area contributed by atoms with Crippen molar-refractivity contribution in [3.63, 3.8) is 0 Å². The molecule has 27 heavy (non-hydrogen) atoms. The number of rotatable bonds is 5. The summed E-state index contributed by atoms with van der Waals surface area (Å²) >= 11 is 5.59. The summed E-state index contributed by atoms with van der Waals surface area (Å²) in [7, 11) is 0. The van der Waals surface area contributed by atoms with Gasteiger partial charge in [-0.1, -0.05) is 13.3 Å². The van der Waals surface area contributed by atoms with Crippen LogP contribution in [0.15, 0.2) is 26.4 Å². The lowest BCUT2D eigenvalue weighted by molar-refractivity contribution is 0.517. The molecule has 0 radical (unpaired) electrons. The number of hydrogen-bond donors (Lipinski definition) is 1. The third-order valence-corrected chi connectivity index (χ3v) is 6.64. The van der Waals surface area contributed by atoms with Gasteiger partial charge >= 0.3 is 0 Å². The van der Waals surface area contributed by atoms with E-state index in [1.54, 1.807) is 0 Å². The summed E-state index contributed by atoms with van der Waals surface area (Å²) in [5.41, 5.74) is 7.49. The Balaban J connectivity index is 1.81. The number of aromatic nitrogens is 5. The van der Waals surface area contributed by atoms with Crippen LogP contribution >= 0.6 is 39.0 Å². The molecule has 4 rings (SSSR count). The molecule has 140 valence electrons. The number of hydrogen-bond acceptors (Lipinski definition) is 7. The van der Waals surface area contributed by atoms with Gasteiger partial charge < -0.3 is 10.3 Å². The van der Waals surface area contributed by atoms with Crippen molar-refractivity contribution < 1.29 is 8.78 Å². The molecule has 0 spiro atoms. The first kappa shape index (κ1) is 18.5. The average Bonchev–Trinajstić information content (AvgIpc) is 3.21. The molecule has 3 heterocycles. The Labute approximate surface area is 169 Å². The van der Waals surface area contributed by atoms with Gasteiger partial charge in [0.1, 0.15) is 6.33 Å². The minimum Gasteiger partial charge on any atom is -0.382 e. The maximum atomic E-state index is 14.1. The summed E-state index contributed by atoms with van der Waals surface area (Å²) in [5.74, 6) is -1.50. The van der Waals surface area contributed by atoms with Crippen molar-refractivity contribution in [1.82, 2.24) is 24.5 Å². The second-order valence-electron chi connectivity index (χ2n) is 5.74. The Morgan fingerprint density at radius 3 is 2.85 bits per heavy atom. The zero-order valence-corrected chi connectivity index (χ0v) is 17.3. The van der Waals surface area contributed by atoms with E-state index >= 15 is 0 Å². The van der Waals surface area contributed by atoms with E-state index in [0.717, 1.165) is 30.2 Å². The summed E-state index contributed by atoms with van der Waals surface area (Å²) in [5, 5.41) is 0.640. The molecule has 0 amide bonds. The Bertz CT molecular complexity index is 1160. The molecule has 2 N–H and O–H groups in total. The van der Waals surface area contributed by atoms with E-state index in [0.29, 0.717) is 43.0 Å². The Morgan fingerprint density at radius 2 is 2.07 bits per heavy atom. The molecule has 3 aromatic heterocycles. The molecule has 0 saturated carbocycles. The highest BCUT2D eigenvalue weighted by Crippen LogP contribution is 2.39. The highest BCUT2D eigenvalue weighted by Gasteiger charge is 2.20. The van der Waals surface area contributed by atoms with Gasteiger partial charge in [-0.15, -0.1) is 11.3 Å². The molecule has 0 aliphatic rings. The number of nitrogens with two attached hydrogens (primary N) is 1. The lowest BCUT2D eigenvalue weighted by Gasteiger charge is -2.05. The molecule has 0 aliphatic carbocycles. The zero-order valence-electron chi connectivity index (χ0n) is 14.0. The normalized spacial score (nSPS) is 11.7. The van der Waals surface area contributed by atoms with Crippen LogP contribution in [0.2, 0.25) is 0 Å². The predicted octanol–water partition coefficient (Wildman–Crippen LogP) is 5.01. The van der Waals surface area contributed by atoms with Gasteiger partial charge in [0.05, 0.1) is 10.2 Å². The smallest absolute Gasteiger partial charge is 0.178 e. The van der Waals surface area contributed by atoms with Crippen LogP contribution in [0.3, 0.4) is 0 Å². The first-order valence-corrected chi connectivity index (χ1v) is 10.5. The van der Waals surface area contributed by atoms with Crippen LogP contribution in [0.5, 0.6) is 0 Å². The van der Waals surface area contributed by atoms with Gasteiger partial charge in [0.2, 0.25) is 0 Å². The van der Waals surface area contributed by atoms with Gasteiger partial charge in [-0.3, -0.25) is 0 Å². The average molecular weight is 471 g/mol. The summed E-state index contributed by atoms with van der Waals surface area (Å²) in [4.78, 5) is 17.3. The maximum Gasteiger partial charge on any atom is 0.178 e. The van der Waals surface area contributed by atoms with Crippen LogP contribution in [0.4, 0.5) is 14.6 Å². The molecule has 6 nitrogen and oxygen atoms in total. The SMILES string of the molecule is CCCCn1c(Sc2nc3c(Br)cc(F)c(F)c3s2)nc2c(N)ncnc21. The second-order valence-corrected chi connectivity index (χ2v) is 8.81. The fraction of sp³-hybridized carbons (Fsp3) is 0.250. The number of aryl methyl sites for hydroxylation is 1. The number of unbranched alkanes of at least 4 members (excludes halogenated alkanes) is 1. The van der Waals surface area contributed by atoms with Crippen molar-refractivity contribution in [2.45, 2.75) is 35.8 Å². The molecular weight excluding hydrogens is 458 g/mol. The van der Waals surface area contributed by atoms with Crippen molar-refractivity contribution in [2.24, 2.45) is 0 Å². The van der Waals surface area contributed by atoms with Crippen molar-refractivity contribution >= 4 is 66.2 Å². The molecule has 1 aromatic carbocycles. The minimum atomic E-state index is -0.909. The summed E-state index contributed by atoms with van der Waals surface area (Å²) in [6.45, 7) is 2.81. The van der Waals surface area contributed by atoms with Crippen molar-refractivity contribution in [3.05, 3.63) is 28.5 Å². The van der Waals surface area contributed by atoms with Crippen molar-refractivity contribution in [2.75, 3.05) is 5.73 Å². The summed E-state index contributed by atoms with van der Waals surface area (Å²) < 4.78 is 30.8. The number of nitrogens with zero attached hydrogens (tertiary/aromatic N) is 5. The fourth-order valence-electron chi connectivity index (χ4n) is 2.61. The molecular formula is C16H13BrF2N6S2. The molecule has 0 saturated heterocycles. The van der Waals surface area contributed by atoms with Crippen LogP contribution in [-0.2, 0) is 6.54 Å². The van der Waals surface area contributed by atoms with Gasteiger partial charge in [-0.2, -0.15) is 0 Å². The van der Waals surface area contributed by atoms with E-state index in [9.17, 15) is 8.78 Å². The number of halogens is 3. The highest BCUT2D eigenvalue weighted by molar-refractivity contribution is 9.10. The first-order chi connectivity index (χ1) is 13.0. The van der Waals surface area contributed by atoms with Crippen LogP contribution in [0.25, 0.3) is 21.4 Å². The van der Waals surface area contributed by atoms with E-state index in [1.807, 2.05) is 4.57 Å². The quantitative estimate of drug-likeness (QED) is 0.412. The van der Waals surface area contributed by atoms with Crippen molar-refractivity contribution in [1.29, 1.82) is 0 Å². The molecule has 0 aliphatic heterocycles. The van der Waals surface area contributed by atoms with Gasteiger partial charge in [0.15, 0.2) is 38.1 Å². The van der Waals surface area contributed by atoms with E-state index in [2.05, 4.69) is 42.8 Å². The second kappa shape index (κ2) is 7.28. The Hall–Kier alpha value is -1.85. The molecule has 0 fully saturated rings. The van der Waals surface area contributed by atoms with E-state index in [1.165, 1.54) is 18.1 Å². The van der Waals surface area contributed by atoms with Crippen LogP contribution in [-0.4, -0.2) is 24.5 Å². The van der Waals surface area contributed by atoms with Crippen LogP contribution in [0, 0.1) is 11.6 Å². The largest absolute Gasteiger partial charge is 0.382 e. The molecule has 0 unspecified atom stereocenters. The molecule has 4 aromatic rings. The topological polar surface area (TPSA) is 82.5 Å². The van der Waals surface area contributed by atoms with E-state index < -0.39 is 11.6 Å². The maximum absolute atomic E-state index is 14.1. The van der Waals surface area contributed by atoms with Gasteiger partial charge in [-0.05, 0) is 40.2 Å². The molecule has 11 heteroatoms. The molecule has 0 atom stereocenters. The number of thiazole rings is 1. The molecule has 0 bridgehead atoms. The number of nitrogen functional groups attached to an aromatic ring is 1. The van der Waals surface area contributed by atoms with Gasteiger partial charge in [0.25, 0.3) is 0 Å². The number of fused-ring (bicyclic) bond motifs is 2. The summed E-state index contributed by atoms with van der Waals surface area (Å²) in [6, 6.07) is 1.08. The standard InChI is InChI=1S/C16H13BrF2N6S2/c1-2-3-4-25-14-11(13(20)21-6-22-14)23-15(25)27-16-24-10-7(17)5-8(18)9(19)12(10)26-16/h5-6H,2-4H2,1H3,(H2,20,21,22). The number of anilines is 1. The summed E-state index contributed by atoms with van der Waals surface area (Å²) in [6.07, 6.45) is 3.35. The van der Waals surface area contributed by atoms with Gasteiger partial charge in [0, 0.05) is 11.0 Å². The monoisotopic (exact) mass is 470 g/mol. The Kier molecular flexibility index (Phi) is 4.99. The van der Waals surface area contributed by atoms with E-state index in [4.69, 9.17) is 5.73 Å². The minimum absolute atomic E-state index is 0.167. The predicted molar refractivity (Wildman–Crippen MR) is 106 cm³/mol. The van der Waals surface area contributed by atoms with Crippen LogP contribution < -0.4 is 5.73 Å².